The fraction of sp³-hybridized carbons (Fsp3) is 0.333. The minimum absolute atomic E-state index is 0.126. The maximum absolute atomic E-state index is 13.1. The summed E-state index contributed by atoms with van der Waals surface area (Å²) >= 11 is 0. The number of carbonyl (C=O) groups excluding carboxylic acids is 2. The zero-order valence-electron chi connectivity index (χ0n) is 17.6. The smallest absolute Gasteiger partial charge is 0.243 e. The van der Waals surface area contributed by atoms with E-state index in [9.17, 15) is 9.59 Å². The zero-order valence-corrected chi connectivity index (χ0v) is 17.6. The van der Waals surface area contributed by atoms with Crippen LogP contribution in [0.2, 0.25) is 0 Å². The van der Waals surface area contributed by atoms with Gasteiger partial charge in [0.1, 0.15) is 6.04 Å². The van der Waals surface area contributed by atoms with Gasteiger partial charge in [0.25, 0.3) is 0 Å². The van der Waals surface area contributed by atoms with Crippen molar-refractivity contribution in [2.75, 3.05) is 13.3 Å². The molecule has 0 radical (unpaired) electrons. The molecule has 2 aliphatic heterocycles. The number of benzene rings is 2. The minimum atomic E-state index is -0.592. The molecule has 0 bridgehead atoms. The lowest BCUT2D eigenvalue weighted by Gasteiger charge is -2.41. The number of aromatic nitrogens is 1. The Hall–Kier alpha value is -3.48. The van der Waals surface area contributed by atoms with E-state index >= 15 is 0 Å². The van der Waals surface area contributed by atoms with Crippen molar-refractivity contribution in [1.82, 2.24) is 15.2 Å². The van der Waals surface area contributed by atoms with Crippen molar-refractivity contribution >= 4 is 22.7 Å². The first-order chi connectivity index (χ1) is 15.1. The van der Waals surface area contributed by atoms with Crippen LogP contribution >= 0.6 is 0 Å². The Labute approximate surface area is 180 Å². The molecule has 0 fully saturated rings. The number of H-pyrrole nitrogens is 1. The Morgan fingerprint density at radius 1 is 1.16 bits per heavy atom. The number of carbonyl (C=O) groups is 2. The summed E-state index contributed by atoms with van der Waals surface area (Å²) in [4.78, 5) is 31.3. The molecule has 2 atom stereocenters. The number of fused-ring (bicyclic) bond motifs is 4. The van der Waals surface area contributed by atoms with Crippen LogP contribution in [0.5, 0.6) is 11.5 Å². The van der Waals surface area contributed by atoms with Crippen molar-refractivity contribution in [3.05, 3.63) is 59.3 Å². The van der Waals surface area contributed by atoms with E-state index in [-0.39, 0.29) is 18.6 Å². The highest BCUT2D eigenvalue weighted by atomic mass is 16.7. The van der Waals surface area contributed by atoms with Crippen LogP contribution < -0.4 is 14.8 Å². The van der Waals surface area contributed by atoms with Crippen molar-refractivity contribution in [2.45, 2.75) is 38.8 Å². The largest absolute Gasteiger partial charge is 0.454 e. The third-order valence-corrected chi connectivity index (χ3v) is 6.06. The summed E-state index contributed by atoms with van der Waals surface area (Å²) in [5.41, 5.74) is 3.89. The number of nitrogens with zero attached hydrogens (tertiary/aromatic N) is 1. The predicted molar refractivity (Wildman–Crippen MR) is 116 cm³/mol. The van der Waals surface area contributed by atoms with Crippen LogP contribution in [0.3, 0.4) is 0 Å². The second kappa shape index (κ2) is 7.65. The van der Waals surface area contributed by atoms with Gasteiger partial charge in [-0.25, -0.2) is 0 Å². The lowest BCUT2D eigenvalue weighted by molar-refractivity contribution is -0.141. The number of hydrogen-bond donors (Lipinski definition) is 2. The topological polar surface area (TPSA) is 83.7 Å². The number of aromatic amines is 1. The average Bonchev–Trinajstić information content (AvgIpc) is 3.39. The first-order valence-corrected chi connectivity index (χ1v) is 10.6. The lowest BCUT2D eigenvalue weighted by atomic mass is 9.87. The van der Waals surface area contributed by atoms with Crippen LogP contribution in [0.1, 0.15) is 43.1 Å². The van der Waals surface area contributed by atoms with Gasteiger partial charge in [-0.2, -0.15) is 0 Å². The molecule has 160 valence electrons. The highest BCUT2D eigenvalue weighted by molar-refractivity contribution is 5.92. The molecule has 2 amide bonds. The number of rotatable bonds is 4. The Bertz CT molecular complexity index is 1170. The Kier molecular flexibility index (Phi) is 4.81. The maximum Gasteiger partial charge on any atom is 0.243 e. The van der Waals surface area contributed by atoms with Crippen molar-refractivity contribution in [1.29, 1.82) is 0 Å². The summed E-state index contributed by atoms with van der Waals surface area (Å²) < 4.78 is 11.0. The standard InChI is InChI=1S/C24H25N3O4/c1-3-10-25-24(29)19-12-17-16-6-4-5-7-18(16)26-22(17)23(27(19)14(2)28)15-8-9-20-21(11-15)31-13-30-20/h4-9,11,19,23,26H,3,10,12-13H2,1-2H3,(H,25,29)/t19?,23-/m1/s1. The van der Waals surface area contributed by atoms with E-state index in [0.29, 0.717) is 24.5 Å². The first-order valence-electron chi connectivity index (χ1n) is 10.6. The van der Waals surface area contributed by atoms with Gasteiger partial charge in [-0.3, -0.25) is 9.59 Å². The molecular formula is C24H25N3O4. The fourth-order valence-corrected chi connectivity index (χ4v) is 4.68. The number of nitrogens with one attached hydrogen (secondary N) is 2. The van der Waals surface area contributed by atoms with Crippen molar-refractivity contribution in [3.63, 3.8) is 0 Å². The highest BCUT2D eigenvalue weighted by Gasteiger charge is 2.42. The molecule has 7 heteroatoms. The molecule has 3 heterocycles. The van der Waals surface area contributed by atoms with Gasteiger partial charge in [-0.1, -0.05) is 31.2 Å². The van der Waals surface area contributed by atoms with Gasteiger partial charge in [-0.05, 0) is 35.7 Å². The van der Waals surface area contributed by atoms with Crippen LogP contribution in [0, 0.1) is 0 Å². The molecule has 0 spiro atoms. The van der Waals surface area contributed by atoms with Gasteiger partial charge in [0, 0.05) is 36.5 Å². The number of amides is 2. The van der Waals surface area contributed by atoms with Gasteiger partial charge in [0.2, 0.25) is 18.6 Å². The van der Waals surface area contributed by atoms with Gasteiger partial charge >= 0.3 is 0 Å². The molecular weight excluding hydrogens is 394 g/mol. The summed E-state index contributed by atoms with van der Waals surface area (Å²) in [7, 11) is 0. The van der Waals surface area contributed by atoms with Gasteiger partial charge < -0.3 is 24.7 Å². The van der Waals surface area contributed by atoms with E-state index in [0.717, 1.165) is 34.1 Å². The van der Waals surface area contributed by atoms with Crippen molar-refractivity contribution in [2.24, 2.45) is 0 Å². The van der Waals surface area contributed by atoms with E-state index in [4.69, 9.17) is 9.47 Å². The molecule has 1 unspecified atom stereocenters. The molecule has 0 saturated heterocycles. The molecule has 3 aromatic rings. The summed E-state index contributed by atoms with van der Waals surface area (Å²) in [6, 6.07) is 12.7. The van der Waals surface area contributed by atoms with Crippen molar-refractivity contribution < 1.29 is 19.1 Å². The van der Waals surface area contributed by atoms with E-state index in [1.54, 1.807) is 4.90 Å². The number of para-hydroxylation sites is 1. The zero-order chi connectivity index (χ0) is 21.5. The molecule has 2 aliphatic rings. The summed E-state index contributed by atoms with van der Waals surface area (Å²) in [5, 5.41) is 4.07. The second-order valence-electron chi connectivity index (χ2n) is 8.02. The Morgan fingerprint density at radius 2 is 1.97 bits per heavy atom. The van der Waals surface area contributed by atoms with Gasteiger partial charge in [0.15, 0.2) is 11.5 Å². The molecule has 1 aromatic heterocycles. The highest BCUT2D eigenvalue weighted by Crippen LogP contribution is 2.43. The average molecular weight is 419 g/mol. The summed E-state index contributed by atoms with van der Waals surface area (Å²) in [6.07, 6.45) is 1.30. The quantitative estimate of drug-likeness (QED) is 0.680. The summed E-state index contributed by atoms with van der Waals surface area (Å²) in [5.74, 6) is 1.06. The van der Waals surface area contributed by atoms with Crippen LogP contribution in [-0.2, 0) is 16.0 Å². The molecule has 31 heavy (non-hydrogen) atoms. The number of ether oxygens (including phenoxy) is 2. The monoisotopic (exact) mass is 419 g/mol. The number of hydrogen-bond acceptors (Lipinski definition) is 4. The van der Waals surface area contributed by atoms with E-state index in [2.05, 4.69) is 16.4 Å². The molecule has 0 saturated carbocycles. The van der Waals surface area contributed by atoms with Crippen LogP contribution in [-0.4, -0.2) is 41.1 Å². The molecule has 2 N–H and O–H groups in total. The maximum atomic E-state index is 13.1. The predicted octanol–water partition coefficient (Wildman–Crippen LogP) is 3.29. The van der Waals surface area contributed by atoms with E-state index in [1.165, 1.54) is 6.92 Å². The second-order valence-corrected chi connectivity index (χ2v) is 8.02. The Morgan fingerprint density at radius 3 is 2.77 bits per heavy atom. The van der Waals surface area contributed by atoms with Crippen LogP contribution in [0.25, 0.3) is 10.9 Å². The van der Waals surface area contributed by atoms with Crippen LogP contribution in [0.15, 0.2) is 42.5 Å². The lowest BCUT2D eigenvalue weighted by Crippen LogP contribution is -2.54. The van der Waals surface area contributed by atoms with E-state index in [1.807, 2.05) is 43.3 Å². The minimum Gasteiger partial charge on any atom is -0.454 e. The van der Waals surface area contributed by atoms with Gasteiger partial charge in [0.05, 0.1) is 6.04 Å². The van der Waals surface area contributed by atoms with Crippen molar-refractivity contribution in [3.8, 4) is 11.5 Å². The molecule has 5 rings (SSSR count). The third kappa shape index (κ3) is 3.21. The van der Waals surface area contributed by atoms with E-state index < -0.39 is 12.1 Å². The fourth-order valence-electron chi connectivity index (χ4n) is 4.68. The summed E-state index contributed by atoms with van der Waals surface area (Å²) in [6.45, 7) is 4.29. The SMILES string of the molecule is CCCNC(=O)C1Cc2c([nH]c3ccccc23)[C@@H](c2ccc3c(c2)OCO3)N1C(C)=O. The third-order valence-electron chi connectivity index (χ3n) is 6.06. The molecule has 0 aliphatic carbocycles. The van der Waals surface area contributed by atoms with Crippen LogP contribution in [0.4, 0.5) is 0 Å². The Balaban J connectivity index is 1.69. The van der Waals surface area contributed by atoms with Gasteiger partial charge in [-0.15, -0.1) is 0 Å². The first kappa shape index (κ1) is 19.5. The molecule has 2 aromatic carbocycles. The normalized spacial score (nSPS) is 19.4. The molecule has 7 nitrogen and oxygen atoms in total.